The molecular weight excluding hydrogens is 344 g/mol. The molecule has 0 amide bonds. The zero-order valence-corrected chi connectivity index (χ0v) is 15.8. The Bertz CT molecular complexity index is 707. The van der Waals surface area contributed by atoms with Crippen LogP contribution in [-0.4, -0.2) is 24.5 Å². The third-order valence-electron chi connectivity index (χ3n) is 3.45. The molecule has 0 bridgehead atoms. The molecule has 0 N–H and O–H groups in total. The van der Waals surface area contributed by atoms with Crippen molar-refractivity contribution in [2.45, 2.75) is 36.5 Å². The Morgan fingerprint density at radius 1 is 0.833 bits per heavy atom. The van der Waals surface area contributed by atoms with Gasteiger partial charge < -0.3 is 9.47 Å². The summed E-state index contributed by atoms with van der Waals surface area (Å²) in [7, 11) is 0. The maximum Gasteiger partial charge on any atom is 0.310 e. The van der Waals surface area contributed by atoms with Gasteiger partial charge >= 0.3 is 11.9 Å². The molecule has 0 aliphatic heterocycles. The van der Waals surface area contributed by atoms with E-state index in [2.05, 4.69) is 0 Å². The second kappa shape index (κ2) is 8.44. The van der Waals surface area contributed by atoms with Gasteiger partial charge in [-0.15, -0.1) is 23.5 Å². The fraction of sp³-hybridized carbons (Fsp3) is 0.333. The van der Waals surface area contributed by atoms with E-state index in [1.807, 2.05) is 36.8 Å². The molecule has 0 heterocycles. The van der Waals surface area contributed by atoms with Gasteiger partial charge in [-0.1, -0.05) is 38.1 Å². The second-order valence-corrected chi connectivity index (χ2v) is 6.56. The Hall–Kier alpha value is -1.66. The third kappa shape index (κ3) is 3.70. The summed E-state index contributed by atoms with van der Waals surface area (Å²) in [5.41, 5.74) is 0. The van der Waals surface area contributed by atoms with Crippen LogP contribution in [0.2, 0.25) is 0 Å². The van der Waals surface area contributed by atoms with Gasteiger partial charge in [-0.2, -0.15) is 0 Å². The Morgan fingerprint density at radius 3 is 1.50 bits per heavy atom. The van der Waals surface area contributed by atoms with Crippen molar-refractivity contribution < 1.29 is 19.1 Å². The molecule has 24 heavy (non-hydrogen) atoms. The van der Waals surface area contributed by atoms with Crippen LogP contribution >= 0.6 is 23.5 Å². The van der Waals surface area contributed by atoms with Crippen molar-refractivity contribution in [3.8, 4) is 11.5 Å². The lowest BCUT2D eigenvalue weighted by molar-refractivity contribution is -0.135. The monoisotopic (exact) mass is 364 g/mol. The third-order valence-corrected chi connectivity index (χ3v) is 5.18. The number of esters is 2. The smallest absolute Gasteiger partial charge is 0.310 e. The van der Waals surface area contributed by atoms with E-state index >= 15 is 0 Å². The van der Waals surface area contributed by atoms with Crippen LogP contribution in [0.4, 0.5) is 0 Å². The molecule has 2 aromatic rings. The summed E-state index contributed by atoms with van der Waals surface area (Å²) in [6.45, 7) is 3.52. The number of hydrogen-bond donors (Lipinski definition) is 0. The average Bonchev–Trinajstić information content (AvgIpc) is 2.62. The van der Waals surface area contributed by atoms with Gasteiger partial charge in [-0.3, -0.25) is 9.59 Å². The maximum absolute atomic E-state index is 11.9. The molecule has 0 aromatic heterocycles. The highest BCUT2D eigenvalue weighted by atomic mass is 32.2. The van der Waals surface area contributed by atoms with Crippen molar-refractivity contribution in [2.24, 2.45) is 0 Å². The predicted molar refractivity (Wildman–Crippen MR) is 99.4 cm³/mol. The molecule has 2 rings (SSSR count). The molecule has 0 saturated carbocycles. The first-order valence-electron chi connectivity index (χ1n) is 7.65. The van der Waals surface area contributed by atoms with Gasteiger partial charge in [0.25, 0.3) is 0 Å². The van der Waals surface area contributed by atoms with Crippen LogP contribution in [0, 0.1) is 0 Å². The van der Waals surface area contributed by atoms with E-state index in [-0.39, 0.29) is 11.9 Å². The summed E-state index contributed by atoms with van der Waals surface area (Å²) in [5.74, 6) is 0.484. The van der Waals surface area contributed by atoms with Gasteiger partial charge in [-0.25, -0.2) is 0 Å². The van der Waals surface area contributed by atoms with Crippen LogP contribution in [0.5, 0.6) is 11.5 Å². The second-order valence-electron chi connectivity index (χ2n) is 4.93. The number of fused-ring (bicyclic) bond motifs is 1. The van der Waals surface area contributed by atoms with E-state index < -0.39 is 0 Å². The van der Waals surface area contributed by atoms with E-state index in [4.69, 9.17) is 9.47 Å². The summed E-state index contributed by atoms with van der Waals surface area (Å²) < 4.78 is 11.2. The van der Waals surface area contributed by atoms with Crippen LogP contribution in [0.3, 0.4) is 0 Å². The molecule has 0 spiro atoms. The van der Waals surface area contributed by atoms with E-state index in [1.54, 1.807) is 13.8 Å². The van der Waals surface area contributed by atoms with E-state index in [1.165, 1.54) is 23.5 Å². The SMILES string of the molecule is CCC(=O)Oc1c(SC)c(SC)c(OC(=O)CC)c2ccccc12. The predicted octanol–water partition coefficient (Wildman–Crippen LogP) is 4.91. The summed E-state index contributed by atoms with van der Waals surface area (Å²) in [6, 6.07) is 7.50. The van der Waals surface area contributed by atoms with Crippen LogP contribution in [-0.2, 0) is 9.59 Å². The highest BCUT2D eigenvalue weighted by Crippen LogP contribution is 2.49. The molecule has 0 aliphatic rings. The van der Waals surface area contributed by atoms with Gasteiger partial charge in [0.05, 0.1) is 9.79 Å². The Labute approximate surface area is 150 Å². The summed E-state index contributed by atoms with van der Waals surface area (Å²) in [4.78, 5) is 25.4. The average molecular weight is 364 g/mol. The lowest BCUT2D eigenvalue weighted by Gasteiger charge is -2.19. The molecular formula is C18H20O4S2. The first kappa shape index (κ1) is 18.7. The number of carbonyl (C=O) groups excluding carboxylic acids is 2. The summed E-state index contributed by atoms with van der Waals surface area (Å²) >= 11 is 2.95. The van der Waals surface area contributed by atoms with Crippen molar-refractivity contribution in [1.82, 2.24) is 0 Å². The molecule has 4 nitrogen and oxygen atoms in total. The summed E-state index contributed by atoms with van der Waals surface area (Å²) in [6.07, 6.45) is 4.42. The van der Waals surface area contributed by atoms with E-state index in [0.29, 0.717) is 24.3 Å². The minimum atomic E-state index is -0.291. The molecule has 0 saturated heterocycles. The maximum atomic E-state index is 11.9. The van der Waals surface area contributed by atoms with Crippen LogP contribution in [0.1, 0.15) is 26.7 Å². The Kier molecular flexibility index (Phi) is 6.57. The van der Waals surface area contributed by atoms with Gasteiger partial charge in [0.15, 0.2) is 11.5 Å². The number of rotatable bonds is 6. The van der Waals surface area contributed by atoms with Crippen molar-refractivity contribution in [3.63, 3.8) is 0 Å². The topological polar surface area (TPSA) is 52.6 Å². The quantitative estimate of drug-likeness (QED) is 0.412. The molecule has 2 aromatic carbocycles. The molecule has 0 atom stereocenters. The van der Waals surface area contributed by atoms with Crippen LogP contribution in [0.15, 0.2) is 34.1 Å². The molecule has 6 heteroatoms. The normalized spacial score (nSPS) is 10.7. The molecule has 0 unspecified atom stereocenters. The molecule has 128 valence electrons. The van der Waals surface area contributed by atoms with E-state index in [0.717, 1.165) is 20.6 Å². The fourth-order valence-corrected chi connectivity index (χ4v) is 4.01. The minimum absolute atomic E-state index is 0.291. The Morgan fingerprint density at radius 2 is 1.21 bits per heavy atom. The summed E-state index contributed by atoms with van der Waals surface area (Å²) in [5, 5.41) is 1.53. The fourth-order valence-electron chi connectivity index (χ4n) is 2.28. The molecule has 0 fully saturated rings. The van der Waals surface area contributed by atoms with Crippen molar-refractivity contribution in [2.75, 3.05) is 12.5 Å². The van der Waals surface area contributed by atoms with E-state index in [9.17, 15) is 9.59 Å². The Balaban J connectivity index is 2.80. The largest absolute Gasteiger partial charge is 0.425 e. The number of hydrogen-bond acceptors (Lipinski definition) is 6. The molecule has 0 radical (unpaired) electrons. The minimum Gasteiger partial charge on any atom is -0.425 e. The molecule has 0 aliphatic carbocycles. The first-order chi connectivity index (χ1) is 11.6. The van der Waals surface area contributed by atoms with Crippen LogP contribution < -0.4 is 9.47 Å². The number of ether oxygens (including phenoxy) is 2. The highest BCUT2D eigenvalue weighted by molar-refractivity contribution is 8.01. The van der Waals surface area contributed by atoms with Crippen molar-refractivity contribution in [1.29, 1.82) is 0 Å². The zero-order valence-electron chi connectivity index (χ0n) is 14.2. The van der Waals surface area contributed by atoms with Gasteiger partial charge in [0.2, 0.25) is 0 Å². The first-order valence-corrected chi connectivity index (χ1v) is 10.1. The van der Waals surface area contributed by atoms with Crippen molar-refractivity contribution in [3.05, 3.63) is 24.3 Å². The number of benzene rings is 2. The standard InChI is InChI=1S/C18H20O4S2/c1-5-13(19)21-15-11-9-7-8-10-12(11)16(22-14(20)6-2)18(24-4)17(15)23-3/h7-10H,5-6H2,1-4H3. The van der Waals surface area contributed by atoms with Gasteiger partial charge in [-0.05, 0) is 12.5 Å². The number of carbonyl (C=O) groups is 2. The lowest BCUT2D eigenvalue weighted by atomic mass is 10.1. The van der Waals surface area contributed by atoms with Gasteiger partial charge in [0, 0.05) is 23.6 Å². The van der Waals surface area contributed by atoms with Gasteiger partial charge in [0.1, 0.15) is 0 Å². The zero-order chi connectivity index (χ0) is 17.7. The number of thioether (sulfide) groups is 2. The highest BCUT2D eigenvalue weighted by Gasteiger charge is 2.23. The lowest BCUT2D eigenvalue weighted by Crippen LogP contribution is -2.10. The van der Waals surface area contributed by atoms with Crippen LogP contribution in [0.25, 0.3) is 10.8 Å². The van der Waals surface area contributed by atoms with Crippen molar-refractivity contribution >= 4 is 46.2 Å².